The lowest BCUT2D eigenvalue weighted by atomic mass is 10.1. The van der Waals surface area contributed by atoms with Crippen molar-refractivity contribution in [3.05, 3.63) is 29.8 Å². The van der Waals surface area contributed by atoms with Crippen LogP contribution in [0.2, 0.25) is 0 Å². The molecule has 0 bridgehead atoms. The first-order valence-electron chi connectivity index (χ1n) is 7.24. The maximum atomic E-state index is 12.2. The van der Waals surface area contributed by atoms with E-state index in [1.807, 2.05) is 0 Å². The average molecular weight is 275 g/mol. The van der Waals surface area contributed by atoms with Crippen LogP contribution in [0.3, 0.4) is 0 Å². The number of esters is 1. The number of rotatable bonds is 3. The molecular formula is C16H21NO3. The maximum Gasteiger partial charge on any atom is 0.308 e. The van der Waals surface area contributed by atoms with Crippen molar-refractivity contribution in [3.63, 3.8) is 0 Å². The lowest BCUT2D eigenvalue weighted by molar-refractivity contribution is -0.131. The summed E-state index contributed by atoms with van der Waals surface area (Å²) in [6, 6.07) is 7.00. The first-order chi connectivity index (χ1) is 9.65. The minimum Gasteiger partial charge on any atom is -0.427 e. The number of ether oxygens (including phenoxy) is 1. The van der Waals surface area contributed by atoms with E-state index in [0.717, 1.165) is 12.8 Å². The third-order valence-corrected chi connectivity index (χ3v) is 3.55. The van der Waals surface area contributed by atoms with E-state index in [1.54, 1.807) is 24.3 Å². The van der Waals surface area contributed by atoms with Crippen LogP contribution in [0.1, 0.15) is 55.8 Å². The standard InChI is InChI=1S/C16H21NO3/c1-12(18)20-15-10-6-7-13(11-15)16(19)17-14-8-4-2-3-5-9-14/h6-7,10-11,14H,2-5,8-9H2,1H3,(H,17,19). The monoisotopic (exact) mass is 275 g/mol. The highest BCUT2D eigenvalue weighted by Gasteiger charge is 2.16. The number of amides is 1. The van der Waals surface area contributed by atoms with Crippen LogP contribution in [-0.4, -0.2) is 17.9 Å². The van der Waals surface area contributed by atoms with Crippen LogP contribution in [-0.2, 0) is 4.79 Å². The quantitative estimate of drug-likeness (QED) is 0.524. The molecule has 20 heavy (non-hydrogen) atoms. The highest BCUT2D eigenvalue weighted by Crippen LogP contribution is 2.18. The van der Waals surface area contributed by atoms with E-state index in [4.69, 9.17) is 4.74 Å². The van der Waals surface area contributed by atoms with E-state index in [1.165, 1.54) is 32.6 Å². The zero-order valence-corrected chi connectivity index (χ0v) is 11.9. The van der Waals surface area contributed by atoms with E-state index >= 15 is 0 Å². The second-order valence-electron chi connectivity index (χ2n) is 5.28. The van der Waals surface area contributed by atoms with Gasteiger partial charge in [0.1, 0.15) is 5.75 Å². The number of carbonyl (C=O) groups is 2. The van der Waals surface area contributed by atoms with E-state index in [0.29, 0.717) is 11.3 Å². The average Bonchev–Trinajstić information content (AvgIpc) is 2.67. The Labute approximate surface area is 119 Å². The normalized spacial score (nSPS) is 16.2. The van der Waals surface area contributed by atoms with Gasteiger partial charge in [-0.1, -0.05) is 31.7 Å². The van der Waals surface area contributed by atoms with Crippen LogP contribution in [0.15, 0.2) is 24.3 Å². The van der Waals surface area contributed by atoms with Crippen LogP contribution in [0, 0.1) is 0 Å². The van der Waals surface area contributed by atoms with Crippen LogP contribution < -0.4 is 10.1 Å². The smallest absolute Gasteiger partial charge is 0.308 e. The molecule has 108 valence electrons. The number of nitrogens with one attached hydrogen (secondary N) is 1. The molecule has 0 unspecified atom stereocenters. The second-order valence-corrected chi connectivity index (χ2v) is 5.28. The molecule has 0 saturated heterocycles. The molecule has 1 aliphatic carbocycles. The molecule has 0 spiro atoms. The molecule has 1 aromatic carbocycles. The Bertz CT molecular complexity index is 476. The SMILES string of the molecule is CC(=O)Oc1cccc(C(=O)NC2CCCCCC2)c1. The predicted molar refractivity (Wildman–Crippen MR) is 76.7 cm³/mol. The van der Waals surface area contributed by atoms with Crippen LogP contribution in [0.4, 0.5) is 0 Å². The molecule has 1 aliphatic rings. The van der Waals surface area contributed by atoms with Crippen molar-refractivity contribution in [2.24, 2.45) is 0 Å². The molecule has 0 radical (unpaired) electrons. The van der Waals surface area contributed by atoms with Crippen molar-refractivity contribution < 1.29 is 14.3 Å². The molecule has 0 atom stereocenters. The highest BCUT2D eigenvalue weighted by atomic mass is 16.5. The van der Waals surface area contributed by atoms with Crippen molar-refractivity contribution in [3.8, 4) is 5.75 Å². The van der Waals surface area contributed by atoms with E-state index in [2.05, 4.69) is 5.32 Å². The Morgan fingerprint density at radius 2 is 1.85 bits per heavy atom. The minimum atomic E-state index is -0.383. The van der Waals surface area contributed by atoms with Crippen molar-refractivity contribution in [2.75, 3.05) is 0 Å². The van der Waals surface area contributed by atoms with Crippen LogP contribution >= 0.6 is 0 Å². The molecule has 4 heteroatoms. The molecule has 4 nitrogen and oxygen atoms in total. The zero-order valence-electron chi connectivity index (χ0n) is 11.9. The number of hydrogen-bond acceptors (Lipinski definition) is 3. The molecule has 1 aromatic rings. The lowest BCUT2D eigenvalue weighted by Gasteiger charge is -2.16. The summed E-state index contributed by atoms with van der Waals surface area (Å²) >= 11 is 0. The highest BCUT2D eigenvalue weighted by molar-refractivity contribution is 5.94. The lowest BCUT2D eigenvalue weighted by Crippen LogP contribution is -2.34. The van der Waals surface area contributed by atoms with Gasteiger partial charge in [-0.2, -0.15) is 0 Å². The van der Waals surface area contributed by atoms with Gasteiger partial charge in [0.25, 0.3) is 5.91 Å². The number of benzene rings is 1. The Balaban J connectivity index is 1.99. The van der Waals surface area contributed by atoms with Gasteiger partial charge in [0.15, 0.2) is 0 Å². The minimum absolute atomic E-state index is 0.0918. The van der Waals surface area contributed by atoms with Gasteiger partial charge in [-0.3, -0.25) is 9.59 Å². The Hall–Kier alpha value is -1.84. The molecule has 1 N–H and O–H groups in total. The van der Waals surface area contributed by atoms with Crippen LogP contribution in [0.25, 0.3) is 0 Å². The van der Waals surface area contributed by atoms with Crippen LogP contribution in [0.5, 0.6) is 5.75 Å². The summed E-state index contributed by atoms with van der Waals surface area (Å²) in [4.78, 5) is 23.1. The van der Waals surface area contributed by atoms with Crippen molar-refractivity contribution in [1.29, 1.82) is 0 Å². The summed E-state index contributed by atoms with van der Waals surface area (Å²) in [5.41, 5.74) is 0.535. The Morgan fingerprint density at radius 1 is 1.15 bits per heavy atom. The first-order valence-corrected chi connectivity index (χ1v) is 7.24. The third kappa shape index (κ3) is 4.37. The summed E-state index contributed by atoms with van der Waals surface area (Å²) in [5, 5.41) is 3.08. The Morgan fingerprint density at radius 3 is 2.50 bits per heavy atom. The van der Waals surface area contributed by atoms with Gasteiger partial charge in [-0.15, -0.1) is 0 Å². The van der Waals surface area contributed by atoms with Gasteiger partial charge < -0.3 is 10.1 Å². The molecule has 0 heterocycles. The molecule has 1 fully saturated rings. The summed E-state index contributed by atoms with van der Waals surface area (Å²) in [5.74, 6) is -0.0664. The molecule has 1 saturated carbocycles. The third-order valence-electron chi connectivity index (χ3n) is 3.55. The maximum absolute atomic E-state index is 12.2. The number of carbonyl (C=O) groups excluding carboxylic acids is 2. The van der Waals surface area contributed by atoms with E-state index in [9.17, 15) is 9.59 Å². The molecule has 0 aliphatic heterocycles. The van der Waals surface area contributed by atoms with Gasteiger partial charge in [-0.05, 0) is 31.0 Å². The summed E-state index contributed by atoms with van der Waals surface area (Å²) in [6.07, 6.45) is 6.98. The first kappa shape index (κ1) is 14.6. The number of hydrogen-bond donors (Lipinski definition) is 1. The van der Waals surface area contributed by atoms with Gasteiger partial charge in [0.2, 0.25) is 0 Å². The fraction of sp³-hybridized carbons (Fsp3) is 0.500. The topological polar surface area (TPSA) is 55.4 Å². The van der Waals surface area contributed by atoms with Gasteiger partial charge in [-0.25, -0.2) is 0 Å². The largest absolute Gasteiger partial charge is 0.427 e. The fourth-order valence-corrected chi connectivity index (χ4v) is 2.56. The van der Waals surface area contributed by atoms with Gasteiger partial charge in [0, 0.05) is 18.5 Å². The second kappa shape index (κ2) is 7.08. The van der Waals surface area contributed by atoms with E-state index in [-0.39, 0.29) is 17.9 Å². The Kier molecular flexibility index (Phi) is 5.16. The fourth-order valence-electron chi connectivity index (χ4n) is 2.56. The summed E-state index contributed by atoms with van der Waals surface area (Å²) in [6.45, 7) is 1.35. The summed E-state index contributed by atoms with van der Waals surface area (Å²) in [7, 11) is 0. The molecule has 1 amide bonds. The summed E-state index contributed by atoms with van der Waals surface area (Å²) < 4.78 is 5.00. The molecular weight excluding hydrogens is 254 g/mol. The van der Waals surface area contributed by atoms with Gasteiger partial charge >= 0.3 is 5.97 Å². The van der Waals surface area contributed by atoms with Crippen molar-refractivity contribution >= 4 is 11.9 Å². The van der Waals surface area contributed by atoms with Crippen molar-refractivity contribution in [2.45, 2.75) is 51.5 Å². The van der Waals surface area contributed by atoms with Crippen molar-refractivity contribution in [1.82, 2.24) is 5.32 Å². The zero-order chi connectivity index (χ0) is 14.4. The van der Waals surface area contributed by atoms with E-state index < -0.39 is 0 Å². The molecule has 0 aromatic heterocycles. The molecule has 2 rings (SSSR count). The predicted octanol–water partition coefficient (Wildman–Crippen LogP) is 3.06. The van der Waals surface area contributed by atoms with Gasteiger partial charge in [0.05, 0.1) is 0 Å².